The molecule has 0 bridgehead atoms. The largest absolute Gasteiger partial charge is 0.573 e. The van der Waals surface area contributed by atoms with Crippen molar-refractivity contribution >= 4 is 21.9 Å². The zero-order chi connectivity index (χ0) is 16.2. The van der Waals surface area contributed by atoms with Crippen molar-refractivity contribution in [3.05, 3.63) is 29.3 Å². The van der Waals surface area contributed by atoms with Crippen LogP contribution < -0.4 is 4.74 Å². The van der Waals surface area contributed by atoms with Gasteiger partial charge in [0.1, 0.15) is 17.4 Å². The van der Waals surface area contributed by atoms with Gasteiger partial charge >= 0.3 is 12.3 Å². The van der Waals surface area contributed by atoms with E-state index in [0.717, 1.165) is 18.2 Å². The average Bonchev–Trinajstić information content (AvgIpc) is 2.35. The minimum Gasteiger partial charge on any atom is -0.478 e. The Bertz CT molecular complexity index is 506. The van der Waals surface area contributed by atoms with Crippen molar-refractivity contribution < 1.29 is 38.0 Å². The summed E-state index contributed by atoms with van der Waals surface area (Å²) in [6.07, 6.45) is -7.57. The van der Waals surface area contributed by atoms with Gasteiger partial charge in [0, 0.05) is 5.33 Å². The zero-order valence-corrected chi connectivity index (χ0v) is 12.1. The molecule has 0 aromatic heterocycles. The van der Waals surface area contributed by atoms with E-state index >= 15 is 0 Å². The molecule has 2 atom stereocenters. The van der Waals surface area contributed by atoms with Crippen LogP contribution in [-0.4, -0.2) is 39.1 Å². The fourth-order valence-corrected chi connectivity index (χ4v) is 2.07. The molecule has 0 amide bonds. The van der Waals surface area contributed by atoms with E-state index in [2.05, 4.69) is 20.7 Å². The first-order chi connectivity index (χ1) is 9.65. The fraction of sp³-hybridized carbons (Fsp3) is 0.417. The van der Waals surface area contributed by atoms with Gasteiger partial charge in [-0.2, -0.15) is 0 Å². The maximum absolute atomic E-state index is 12.3. The molecule has 0 fully saturated rings. The van der Waals surface area contributed by atoms with E-state index in [1.54, 1.807) is 0 Å². The lowest BCUT2D eigenvalue weighted by Crippen LogP contribution is -2.21. The lowest BCUT2D eigenvalue weighted by molar-refractivity contribution is -0.274. The Morgan fingerprint density at radius 2 is 1.95 bits per heavy atom. The molecular weight excluding hydrogens is 361 g/mol. The molecule has 118 valence electrons. The summed E-state index contributed by atoms with van der Waals surface area (Å²) in [4.78, 5) is 10.9. The predicted octanol–water partition coefficient (Wildman–Crippen LogP) is 2.46. The van der Waals surface area contributed by atoms with Gasteiger partial charge < -0.3 is 20.1 Å². The molecule has 0 saturated carbocycles. The van der Waals surface area contributed by atoms with E-state index in [9.17, 15) is 28.2 Å². The van der Waals surface area contributed by atoms with Crippen LogP contribution in [0.5, 0.6) is 5.75 Å². The van der Waals surface area contributed by atoms with Crippen molar-refractivity contribution in [2.24, 2.45) is 0 Å². The number of aromatic carboxylic acids is 1. The molecule has 0 aliphatic rings. The van der Waals surface area contributed by atoms with Crippen LogP contribution in [-0.2, 0) is 0 Å². The fourth-order valence-electron chi connectivity index (χ4n) is 1.60. The third-order valence-electron chi connectivity index (χ3n) is 2.57. The zero-order valence-electron chi connectivity index (χ0n) is 10.5. The summed E-state index contributed by atoms with van der Waals surface area (Å²) in [5.41, 5.74) is -0.772. The number of hydrogen-bond donors (Lipinski definition) is 3. The van der Waals surface area contributed by atoms with E-state index < -0.39 is 35.9 Å². The Balaban J connectivity index is 3.14. The van der Waals surface area contributed by atoms with Crippen molar-refractivity contribution in [1.29, 1.82) is 0 Å². The van der Waals surface area contributed by atoms with E-state index in [1.807, 2.05) is 0 Å². The Morgan fingerprint density at radius 3 is 2.43 bits per heavy atom. The smallest absolute Gasteiger partial charge is 0.478 e. The van der Waals surface area contributed by atoms with E-state index in [0.29, 0.717) is 5.33 Å². The van der Waals surface area contributed by atoms with E-state index in [4.69, 9.17) is 5.11 Å². The van der Waals surface area contributed by atoms with Crippen LogP contribution >= 0.6 is 15.9 Å². The molecular formula is C12H12BrF3O5. The molecule has 0 heterocycles. The van der Waals surface area contributed by atoms with Crippen molar-refractivity contribution in [2.45, 2.75) is 25.0 Å². The summed E-state index contributed by atoms with van der Waals surface area (Å²) in [5.74, 6) is -2.55. The minimum atomic E-state index is -5.07. The molecule has 1 aromatic carbocycles. The molecule has 2 unspecified atom stereocenters. The summed E-state index contributed by atoms with van der Waals surface area (Å²) in [5, 5.41) is 28.6. The van der Waals surface area contributed by atoms with E-state index in [1.165, 1.54) is 0 Å². The van der Waals surface area contributed by atoms with Gasteiger partial charge in [0.05, 0.1) is 6.10 Å². The van der Waals surface area contributed by atoms with Crippen molar-refractivity contribution in [3.63, 3.8) is 0 Å². The molecule has 1 aromatic rings. The van der Waals surface area contributed by atoms with Crippen LogP contribution in [0.25, 0.3) is 0 Å². The highest BCUT2D eigenvalue weighted by molar-refractivity contribution is 9.09. The van der Waals surface area contributed by atoms with Crippen LogP contribution in [0.4, 0.5) is 13.2 Å². The predicted molar refractivity (Wildman–Crippen MR) is 69.5 cm³/mol. The molecule has 0 radical (unpaired) electrons. The molecule has 9 heteroatoms. The van der Waals surface area contributed by atoms with Crippen LogP contribution in [0, 0.1) is 0 Å². The highest BCUT2D eigenvalue weighted by Gasteiger charge is 2.33. The summed E-state index contributed by atoms with van der Waals surface area (Å²) in [6, 6.07) is 2.75. The molecule has 21 heavy (non-hydrogen) atoms. The van der Waals surface area contributed by atoms with Gasteiger partial charge in [0.15, 0.2) is 0 Å². The molecule has 0 spiro atoms. The maximum atomic E-state index is 12.3. The summed E-state index contributed by atoms with van der Waals surface area (Å²) >= 11 is 3.05. The van der Waals surface area contributed by atoms with Crippen LogP contribution in [0.2, 0.25) is 0 Å². The molecule has 0 aliphatic carbocycles. The Morgan fingerprint density at radius 1 is 1.33 bits per heavy atom. The first kappa shape index (κ1) is 17.7. The number of alkyl halides is 4. The number of benzene rings is 1. The first-order valence-electron chi connectivity index (χ1n) is 5.70. The van der Waals surface area contributed by atoms with Crippen molar-refractivity contribution in [2.75, 3.05) is 5.33 Å². The number of carbonyl (C=O) groups is 1. The minimum absolute atomic E-state index is 0.0762. The SMILES string of the molecule is O=C(O)c1ccc(C(O)C(O)CCBr)cc1OC(F)(F)F. The van der Waals surface area contributed by atoms with Gasteiger partial charge in [-0.05, 0) is 24.1 Å². The van der Waals surface area contributed by atoms with E-state index in [-0.39, 0.29) is 12.0 Å². The van der Waals surface area contributed by atoms with Crippen LogP contribution in [0.1, 0.15) is 28.4 Å². The average molecular weight is 373 g/mol. The van der Waals surface area contributed by atoms with Gasteiger partial charge in [0.2, 0.25) is 0 Å². The van der Waals surface area contributed by atoms with Crippen LogP contribution in [0.15, 0.2) is 18.2 Å². The topological polar surface area (TPSA) is 87.0 Å². The Hall–Kier alpha value is -1.32. The van der Waals surface area contributed by atoms with Gasteiger partial charge in [0.25, 0.3) is 0 Å². The second kappa shape index (κ2) is 7.10. The summed E-state index contributed by atoms with van der Waals surface area (Å²) in [7, 11) is 0. The van der Waals surface area contributed by atoms with Crippen LogP contribution in [0.3, 0.4) is 0 Å². The normalized spacial score (nSPS) is 14.6. The number of aliphatic hydroxyl groups is 2. The van der Waals surface area contributed by atoms with Gasteiger partial charge in [-0.15, -0.1) is 13.2 Å². The third-order valence-corrected chi connectivity index (χ3v) is 3.03. The number of aliphatic hydroxyl groups excluding tert-OH is 2. The number of carboxylic acid groups (broad SMARTS) is 1. The molecule has 1 rings (SSSR count). The van der Waals surface area contributed by atoms with Gasteiger partial charge in [-0.3, -0.25) is 0 Å². The standard InChI is InChI=1S/C12H12BrF3O5/c13-4-3-8(17)10(18)6-1-2-7(11(19)20)9(5-6)21-12(14,15)16/h1-2,5,8,10,17-18H,3-4H2,(H,19,20). The summed E-state index contributed by atoms with van der Waals surface area (Å²) < 4.78 is 40.4. The Labute approximate surface area is 126 Å². The highest BCUT2D eigenvalue weighted by atomic mass is 79.9. The second-order valence-corrected chi connectivity index (χ2v) is 4.89. The number of ether oxygens (including phenoxy) is 1. The quantitative estimate of drug-likeness (QED) is 0.667. The number of rotatable bonds is 6. The lowest BCUT2D eigenvalue weighted by Gasteiger charge is -2.19. The maximum Gasteiger partial charge on any atom is 0.573 e. The number of hydrogen-bond acceptors (Lipinski definition) is 4. The molecule has 5 nitrogen and oxygen atoms in total. The first-order valence-corrected chi connectivity index (χ1v) is 6.83. The van der Waals surface area contributed by atoms with Crippen molar-refractivity contribution in [1.82, 2.24) is 0 Å². The van der Waals surface area contributed by atoms with Gasteiger partial charge in [-0.25, -0.2) is 4.79 Å². The van der Waals surface area contributed by atoms with Gasteiger partial charge in [-0.1, -0.05) is 22.0 Å². The Kier molecular flexibility index (Phi) is 5.99. The highest BCUT2D eigenvalue weighted by Crippen LogP contribution is 2.30. The monoisotopic (exact) mass is 372 g/mol. The number of carboxylic acids is 1. The molecule has 3 N–H and O–H groups in total. The summed E-state index contributed by atoms with van der Waals surface area (Å²) in [6.45, 7) is 0. The van der Waals surface area contributed by atoms with Crippen molar-refractivity contribution in [3.8, 4) is 5.75 Å². The number of halogens is 4. The third kappa shape index (κ3) is 5.18. The second-order valence-electron chi connectivity index (χ2n) is 4.10. The lowest BCUT2D eigenvalue weighted by atomic mass is 10.0. The molecule has 0 saturated heterocycles. The molecule has 0 aliphatic heterocycles.